The Balaban J connectivity index is 1.29. The molecule has 4 rings (SSSR count). The molecule has 0 unspecified atom stereocenters. The van der Waals surface area contributed by atoms with Gasteiger partial charge in [0.25, 0.3) is 5.91 Å². The number of oxime groups is 1. The summed E-state index contributed by atoms with van der Waals surface area (Å²) in [6, 6.07) is 15.3. The maximum absolute atomic E-state index is 12.5. The molecule has 1 fully saturated rings. The zero-order valence-corrected chi connectivity index (χ0v) is 16.8. The first-order valence-corrected chi connectivity index (χ1v) is 10.1. The van der Waals surface area contributed by atoms with Crippen molar-refractivity contribution in [3.8, 4) is 0 Å². The Labute approximate surface area is 174 Å². The normalized spacial score (nSPS) is 17.9. The van der Waals surface area contributed by atoms with Crippen LogP contribution in [0, 0.1) is 0 Å². The van der Waals surface area contributed by atoms with Crippen LogP contribution in [0.4, 0.5) is 5.69 Å². The third kappa shape index (κ3) is 4.26. The zero-order chi connectivity index (χ0) is 19.6. The van der Waals surface area contributed by atoms with E-state index >= 15 is 0 Å². The molecule has 1 spiro atoms. The van der Waals surface area contributed by atoms with Crippen molar-refractivity contribution in [2.75, 3.05) is 18.0 Å². The van der Waals surface area contributed by atoms with Gasteiger partial charge in [0.2, 0.25) is 0 Å². The summed E-state index contributed by atoms with van der Waals surface area (Å²) < 4.78 is 0. The average molecular weight is 418 g/mol. The number of amides is 1. The lowest BCUT2D eigenvalue weighted by Crippen LogP contribution is -2.45. The fraction of sp³-hybridized carbons (Fsp3) is 0.333. The number of hydrogen-bond donors (Lipinski definition) is 1. The second-order valence-corrected chi connectivity index (χ2v) is 8.13. The van der Waals surface area contributed by atoms with Crippen molar-refractivity contribution in [3.63, 3.8) is 0 Å². The topological polar surface area (TPSA) is 53.9 Å². The van der Waals surface area contributed by atoms with E-state index in [-0.39, 0.29) is 11.5 Å². The van der Waals surface area contributed by atoms with Gasteiger partial charge in [-0.3, -0.25) is 4.79 Å². The number of benzene rings is 2. The molecule has 1 amide bonds. The molecule has 2 heterocycles. The van der Waals surface area contributed by atoms with E-state index in [0.29, 0.717) is 23.7 Å². The van der Waals surface area contributed by atoms with E-state index in [1.807, 2.05) is 48.5 Å². The summed E-state index contributed by atoms with van der Waals surface area (Å²) in [7, 11) is 0. The van der Waals surface area contributed by atoms with Gasteiger partial charge < -0.3 is 15.1 Å². The number of carbonyl (C=O) groups is 1. The van der Waals surface area contributed by atoms with Crippen molar-refractivity contribution in [1.82, 2.24) is 5.32 Å². The molecule has 2 aliphatic rings. The van der Waals surface area contributed by atoms with Gasteiger partial charge in [0.1, 0.15) is 11.3 Å². The van der Waals surface area contributed by atoms with Gasteiger partial charge in [-0.15, -0.1) is 0 Å². The van der Waals surface area contributed by atoms with Crippen molar-refractivity contribution < 1.29 is 9.63 Å². The minimum atomic E-state index is -0.365. The summed E-state index contributed by atoms with van der Waals surface area (Å²) in [6.45, 7) is 2.15. The summed E-state index contributed by atoms with van der Waals surface area (Å²) >= 11 is 11.9. The standard InChI is InChI=1S/C21H21Cl2N3O2/c22-16-3-1-15(2-4-16)14-24-20(27)19-13-21(28-25-19)9-11-26(12-10-21)18-7-5-17(23)6-8-18/h1-8H,9-14H2,(H,24,27). The highest BCUT2D eigenvalue weighted by atomic mass is 35.5. The van der Waals surface area contributed by atoms with Gasteiger partial charge in [0, 0.05) is 54.6 Å². The number of rotatable bonds is 4. The van der Waals surface area contributed by atoms with Crippen LogP contribution in [0.25, 0.3) is 0 Å². The maximum atomic E-state index is 12.5. The molecule has 0 bridgehead atoms. The Kier molecular flexibility index (Phi) is 5.47. The lowest BCUT2D eigenvalue weighted by molar-refractivity contribution is -0.115. The average Bonchev–Trinajstić information content (AvgIpc) is 3.12. The molecule has 1 saturated heterocycles. The van der Waals surface area contributed by atoms with Gasteiger partial charge in [-0.1, -0.05) is 40.5 Å². The largest absolute Gasteiger partial charge is 0.388 e. The molecule has 0 aliphatic carbocycles. The highest BCUT2D eigenvalue weighted by Gasteiger charge is 2.43. The van der Waals surface area contributed by atoms with E-state index in [4.69, 9.17) is 28.0 Å². The minimum absolute atomic E-state index is 0.174. The summed E-state index contributed by atoms with van der Waals surface area (Å²) in [5.41, 5.74) is 2.24. The van der Waals surface area contributed by atoms with Crippen LogP contribution in [0.15, 0.2) is 53.7 Å². The predicted octanol–water partition coefficient (Wildman–Crippen LogP) is 4.43. The summed E-state index contributed by atoms with van der Waals surface area (Å²) in [6.07, 6.45) is 2.20. The van der Waals surface area contributed by atoms with Crippen LogP contribution in [0.2, 0.25) is 10.0 Å². The molecule has 1 N–H and O–H groups in total. The zero-order valence-electron chi connectivity index (χ0n) is 15.3. The third-order valence-electron chi connectivity index (χ3n) is 5.33. The molecule has 2 aliphatic heterocycles. The number of nitrogens with one attached hydrogen (secondary N) is 1. The van der Waals surface area contributed by atoms with E-state index < -0.39 is 0 Å². The van der Waals surface area contributed by atoms with Gasteiger partial charge in [0.05, 0.1) is 0 Å². The SMILES string of the molecule is O=C(NCc1ccc(Cl)cc1)C1=NOC2(CCN(c3ccc(Cl)cc3)CC2)C1. The highest BCUT2D eigenvalue weighted by molar-refractivity contribution is 6.39. The van der Waals surface area contributed by atoms with Crippen LogP contribution in [-0.2, 0) is 16.2 Å². The summed E-state index contributed by atoms with van der Waals surface area (Å²) in [5.74, 6) is -0.174. The van der Waals surface area contributed by atoms with Gasteiger partial charge in [-0.25, -0.2) is 0 Å². The third-order valence-corrected chi connectivity index (χ3v) is 5.84. The minimum Gasteiger partial charge on any atom is -0.388 e. The number of carbonyl (C=O) groups excluding carboxylic acids is 1. The number of piperidine rings is 1. The molecule has 0 aromatic heterocycles. The van der Waals surface area contributed by atoms with Crippen LogP contribution >= 0.6 is 23.2 Å². The lowest BCUT2D eigenvalue weighted by Gasteiger charge is -2.38. The number of hydrogen-bond acceptors (Lipinski definition) is 4. The van der Waals surface area contributed by atoms with E-state index in [0.717, 1.165) is 42.2 Å². The molecular formula is C21H21Cl2N3O2. The van der Waals surface area contributed by atoms with Crippen LogP contribution in [0.5, 0.6) is 0 Å². The molecule has 7 heteroatoms. The Bertz CT molecular complexity index is 874. The van der Waals surface area contributed by atoms with Gasteiger partial charge in [-0.2, -0.15) is 0 Å². The quantitative estimate of drug-likeness (QED) is 0.800. The lowest BCUT2D eigenvalue weighted by atomic mass is 9.86. The van der Waals surface area contributed by atoms with E-state index in [1.54, 1.807) is 0 Å². The molecule has 5 nitrogen and oxygen atoms in total. The maximum Gasteiger partial charge on any atom is 0.269 e. The molecule has 0 atom stereocenters. The Hall–Kier alpha value is -2.24. The van der Waals surface area contributed by atoms with Crippen molar-refractivity contribution in [3.05, 3.63) is 64.1 Å². The molecule has 2 aromatic carbocycles. The molecule has 28 heavy (non-hydrogen) atoms. The second kappa shape index (κ2) is 8.02. The Morgan fingerprint density at radius 3 is 2.29 bits per heavy atom. The summed E-state index contributed by atoms with van der Waals surface area (Å²) in [4.78, 5) is 20.5. The van der Waals surface area contributed by atoms with Crippen LogP contribution in [0.1, 0.15) is 24.8 Å². The number of anilines is 1. The second-order valence-electron chi connectivity index (χ2n) is 7.26. The predicted molar refractivity (Wildman–Crippen MR) is 112 cm³/mol. The smallest absolute Gasteiger partial charge is 0.269 e. The molecule has 0 radical (unpaired) electrons. The van der Waals surface area contributed by atoms with Crippen LogP contribution < -0.4 is 10.2 Å². The first-order chi connectivity index (χ1) is 13.5. The fourth-order valence-corrected chi connectivity index (χ4v) is 3.87. The first-order valence-electron chi connectivity index (χ1n) is 9.31. The van der Waals surface area contributed by atoms with Crippen LogP contribution in [-0.4, -0.2) is 30.3 Å². The Morgan fingerprint density at radius 2 is 1.64 bits per heavy atom. The van der Waals surface area contributed by atoms with E-state index in [9.17, 15) is 4.79 Å². The molecule has 0 saturated carbocycles. The van der Waals surface area contributed by atoms with E-state index in [2.05, 4.69) is 15.4 Å². The Morgan fingerprint density at radius 1 is 1.04 bits per heavy atom. The van der Waals surface area contributed by atoms with E-state index in [1.165, 1.54) is 0 Å². The highest BCUT2D eigenvalue weighted by Crippen LogP contribution is 2.36. The van der Waals surface area contributed by atoms with Crippen molar-refractivity contribution >= 4 is 40.5 Å². The molecule has 2 aromatic rings. The van der Waals surface area contributed by atoms with Crippen molar-refractivity contribution in [2.45, 2.75) is 31.4 Å². The molecular weight excluding hydrogens is 397 g/mol. The number of nitrogens with zero attached hydrogens (tertiary/aromatic N) is 2. The van der Waals surface area contributed by atoms with Gasteiger partial charge >= 0.3 is 0 Å². The first kappa shape index (κ1) is 19.1. The van der Waals surface area contributed by atoms with Gasteiger partial charge in [0.15, 0.2) is 0 Å². The fourth-order valence-electron chi connectivity index (χ4n) is 3.62. The van der Waals surface area contributed by atoms with Crippen molar-refractivity contribution in [1.29, 1.82) is 0 Å². The van der Waals surface area contributed by atoms with Crippen LogP contribution in [0.3, 0.4) is 0 Å². The monoisotopic (exact) mass is 417 g/mol. The molecule has 146 valence electrons. The summed E-state index contributed by atoms with van der Waals surface area (Å²) in [5, 5.41) is 8.41. The van der Waals surface area contributed by atoms with Crippen molar-refractivity contribution in [2.24, 2.45) is 5.16 Å². The number of halogens is 2. The van der Waals surface area contributed by atoms with Gasteiger partial charge in [-0.05, 0) is 42.0 Å².